The summed E-state index contributed by atoms with van der Waals surface area (Å²) in [4.78, 5) is 12.0. The minimum atomic E-state index is -0.367. The van der Waals surface area contributed by atoms with Gasteiger partial charge in [-0.1, -0.05) is 45.0 Å². The Morgan fingerprint density at radius 2 is 1.82 bits per heavy atom. The fourth-order valence-electron chi connectivity index (χ4n) is 1.49. The van der Waals surface area contributed by atoms with Crippen LogP contribution in [0.5, 0.6) is 0 Å². The summed E-state index contributed by atoms with van der Waals surface area (Å²) >= 11 is 0. The Morgan fingerprint density at radius 1 is 1.18 bits per heavy atom. The second-order valence-corrected chi connectivity index (χ2v) is 4.89. The molecule has 1 aromatic carbocycles. The molecule has 0 fully saturated rings. The number of carbonyl (C=O) groups is 1. The molecule has 0 bridgehead atoms. The summed E-state index contributed by atoms with van der Waals surface area (Å²) in [5.74, 6) is 0.650. The van der Waals surface area contributed by atoms with Crippen LogP contribution in [0.2, 0.25) is 0 Å². The van der Waals surface area contributed by atoms with E-state index in [9.17, 15) is 4.79 Å². The van der Waals surface area contributed by atoms with Crippen molar-refractivity contribution in [2.24, 2.45) is 5.41 Å². The standard InChI is InChI=1S/C12H14N4O/c1-12(2,3)10(17)8-4-6-9(7-5-8)11-13-15-16-14-11/h4-7H,1-3H3,(H,13,14,15,16). The van der Waals surface area contributed by atoms with E-state index >= 15 is 0 Å². The number of rotatable bonds is 2. The number of aromatic amines is 1. The van der Waals surface area contributed by atoms with Crippen molar-refractivity contribution in [2.45, 2.75) is 20.8 Å². The van der Waals surface area contributed by atoms with Gasteiger partial charge in [0.2, 0.25) is 5.82 Å². The van der Waals surface area contributed by atoms with Gasteiger partial charge in [-0.3, -0.25) is 4.79 Å². The van der Waals surface area contributed by atoms with Gasteiger partial charge in [0.1, 0.15) is 0 Å². The summed E-state index contributed by atoms with van der Waals surface area (Å²) in [5.41, 5.74) is 1.17. The molecule has 5 heteroatoms. The zero-order chi connectivity index (χ0) is 12.5. The van der Waals surface area contributed by atoms with Gasteiger partial charge in [0, 0.05) is 16.5 Å². The molecule has 1 N–H and O–H groups in total. The number of nitrogens with zero attached hydrogens (tertiary/aromatic N) is 3. The Kier molecular flexibility index (Phi) is 2.75. The molecule has 88 valence electrons. The molecule has 0 aliphatic rings. The first kappa shape index (κ1) is 11.4. The minimum Gasteiger partial charge on any atom is -0.294 e. The molecule has 0 unspecified atom stereocenters. The van der Waals surface area contributed by atoms with Crippen molar-refractivity contribution in [1.29, 1.82) is 0 Å². The molecular formula is C12H14N4O. The Bertz CT molecular complexity index is 508. The van der Waals surface area contributed by atoms with Crippen LogP contribution in [0, 0.1) is 5.41 Å². The number of H-pyrrole nitrogens is 1. The monoisotopic (exact) mass is 230 g/mol. The quantitative estimate of drug-likeness (QED) is 0.802. The highest BCUT2D eigenvalue weighted by Gasteiger charge is 2.22. The van der Waals surface area contributed by atoms with Gasteiger partial charge < -0.3 is 0 Å². The number of benzene rings is 1. The molecule has 2 aromatic rings. The predicted molar refractivity (Wildman–Crippen MR) is 63.4 cm³/mol. The highest BCUT2D eigenvalue weighted by atomic mass is 16.1. The normalized spacial score (nSPS) is 11.5. The lowest BCUT2D eigenvalue weighted by Gasteiger charge is -2.16. The van der Waals surface area contributed by atoms with Gasteiger partial charge in [-0.15, -0.1) is 10.2 Å². The summed E-state index contributed by atoms with van der Waals surface area (Å²) in [6, 6.07) is 7.23. The van der Waals surface area contributed by atoms with Crippen LogP contribution in [-0.2, 0) is 0 Å². The topological polar surface area (TPSA) is 71.5 Å². The molecular weight excluding hydrogens is 216 g/mol. The van der Waals surface area contributed by atoms with E-state index in [2.05, 4.69) is 20.6 Å². The number of hydrogen-bond acceptors (Lipinski definition) is 4. The van der Waals surface area contributed by atoms with Crippen molar-refractivity contribution in [3.05, 3.63) is 29.8 Å². The van der Waals surface area contributed by atoms with Gasteiger partial charge in [-0.25, -0.2) is 0 Å². The molecule has 0 radical (unpaired) electrons. The third-order valence-corrected chi connectivity index (χ3v) is 2.43. The molecule has 0 spiro atoms. The van der Waals surface area contributed by atoms with Crippen molar-refractivity contribution in [1.82, 2.24) is 20.6 Å². The van der Waals surface area contributed by atoms with Crippen LogP contribution in [0.25, 0.3) is 11.4 Å². The average molecular weight is 230 g/mol. The second-order valence-electron chi connectivity index (χ2n) is 4.89. The fourth-order valence-corrected chi connectivity index (χ4v) is 1.49. The summed E-state index contributed by atoms with van der Waals surface area (Å²) in [6.07, 6.45) is 0. The van der Waals surface area contributed by atoms with E-state index in [0.717, 1.165) is 5.56 Å². The molecule has 1 heterocycles. The van der Waals surface area contributed by atoms with Crippen LogP contribution in [0.4, 0.5) is 0 Å². The van der Waals surface area contributed by atoms with E-state index in [1.807, 2.05) is 32.9 Å². The summed E-state index contributed by atoms with van der Waals surface area (Å²) in [5, 5.41) is 13.6. The summed E-state index contributed by atoms with van der Waals surface area (Å²) in [7, 11) is 0. The number of aromatic nitrogens is 4. The Morgan fingerprint density at radius 3 is 2.29 bits per heavy atom. The first-order valence-corrected chi connectivity index (χ1v) is 5.37. The number of Topliss-reactive ketones (excluding diaryl/α,β-unsaturated/α-hetero) is 1. The zero-order valence-electron chi connectivity index (χ0n) is 10.1. The Balaban J connectivity index is 2.28. The maximum Gasteiger partial charge on any atom is 0.204 e. The average Bonchev–Trinajstić information content (AvgIpc) is 2.80. The van der Waals surface area contributed by atoms with E-state index < -0.39 is 0 Å². The first-order valence-electron chi connectivity index (χ1n) is 5.37. The predicted octanol–water partition coefficient (Wildman–Crippen LogP) is 2.10. The van der Waals surface area contributed by atoms with Crippen molar-refractivity contribution in [2.75, 3.05) is 0 Å². The zero-order valence-corrected chi connectivity index (χ0v) is 10.1. The molecule has 0 aliphatic carbocycles. The molecule has 0 atom stereocenters. The molecule has 5 nitrogen and oxygen atoms in total. The second kappa shape index (κ2) is 4.08. The molecule has 0 amide bonds. The lowest BCUT2D eigenvalue weighted by Crippen LogP contribution is -2.19. The lowest BCUT2D eigenvalue weighted by atomic mass is 9.86. The molecule has 1 aromatic heterocycles. The van der Waals surface area contributed by atoms with Gasteiger partial charge in [0.05, 0.1) is 0 Å². The van der Waals surface area contributed by atoms with E-state index in [-0.39, 0.29) is 11.2 Å². The smallest absolute Gasteiger partial charge is 0.204 e. The Hall–Kier alpha value is -2.04. The van der Waals surface area contributed by atoms with Crippen molar-refractivity contribution >= 4 is 5.78 Å². The molecule has 2 rings (SSSR count). The molecule has 0 saturated heterocycles. The number of hydrogen-bond donors (Lipinski definition) is 1. The maximum atomic E-state index is 12.0. The summed E-state index contributed by atoms with van der Waals surface area (Å²) in [6.45, 7) is 5.72. The minimum absolute atomic E-state index is 0.122. The van der Waals surface area contributed by atoms with Gasteiger partial charge >= 0.3 is 0 Å². The number of nitrogens with one attached hydrogen (secondary N) is 1. The number of tetrazole rings is 1. The summed E-state index contributed by atoms with van der Waals surface area (Å²) < 4.78 is 0. The third kappa shape index (κ3) is 2.38. The van der Waals surface area contributed by atoms with Crippen LogP contribution < -0.4 is 0 Å². The van der Waals surface area contributed by atoms with Crippen molar-refractivity contribution in [3.63, 3.8) is 0 Å². The van der Waals surface area contributed by atoms with Gasteiger partial charge in [-0.2, -0.15) is 5.21 Å². The highest BCUT2D eigenvalue weighted by Crippen LogP contribution is 2.22. The maximum absolute atomic E-state index is 12.0. The van der Waals surface area contributed by atoms with Crippen LogP contribution in [-0.4, -0.2) is 26.4 Å². The van der Waals surface area contributed by atoms with Crippen LogP contribution in [0.3, 0.4) is 0 Å². The van der Waals surface area contributed by atoms with E-state index in [1.54, 1.807) is 12.1 Å². The lowest BCUT2D eigenvalue weighted by molar-refractivity contribution is 0.0858. The number of carbonyl (C=O) groups excluding carboxylic acids is 1. The largest absolute Gasteiger partial charge is 0.294 e. The molecule has 17 heavy (non-hydrogen) atoms. The van der Waals surface area contributed by atoms with Crippen LogP contribution in [0.15, 0.2) is 24.3 Å². The van der Waals surface area contributed by atoms with Crippen molar-refractivity contribution in [3.8, 4) is 11.4 Å². The fraction of sp³-hybridized carbons (Fsp3) is 0.333. The van der Waals surface area contributed by atoms with Gasteiger partial charge in [0.15, 0.2) is 5.78 Å². The SMILES string of the molecule is CC(C)(C)C(=O)c1ccc(-c2nn[nH]n2)cc1. The highest BCUT2D eigenvalue weighted by molar-refractivity contribution is 6.00. The number of ketones is 1. The first-order chi connectivity index (χ1) is 7.98. The van der Waals surface area contributed by atoms with Crippen LogP contribution in [0.1, 0.15) is 31.1 Å². The van der Waals surface area contributed by atoms with Gasteiger partial charge in [0.25, 0.3) is 0 Å². The van der Waals surface area contributed by atoms with E-state index in [1.165, 1.54) is 0 Å². The van der Waals surface area contributed by atoms with E-state index in [0.29, 0.717) is 11.4 Å². The van der Waals surface area contributed by atoms with Crippen LogP contribution >= 0.6 is 0 Å². The van der Waals surface area contributed by atoms with Gasteiger partial charge in [-0.05, 0) is 5.21 Å². The Labute approximate surface area is 99.2 Å². The van der Waals surface area contributed by atoms with E-state index in [4.69, 9.17) is 0 Å². The molecule has 0 saturated carbocycles. The third-order valence-electron chi connectivity index (χ3n) is 2.43. The molecule has 0 aliphatic heterocycles. The van der Waals surface area contributed by atoms with Crippen molar-refractivity contribution < 1.29 is 4.79 Å².